The summed E-state index contributed by atoms with van der Waals surface area (Å²) in [5.41, 5.74) is 2.11. The molecule has 1 atom stereocenters. The Morgan fingerprint density at radius 3 is 2.29 bits per heavy atom. The van der Waals surface area contributed by atoms with Crippen molar-refractivity contribution >= 4 is 34.9 Å². The van der Waals surface area contributed by atoms with Gasteiger partial charge in [-0.2, -0.15) is 0 Å². The monoisotopic (exact) mass is 346 g/mol. The molecule has 5 nitrogen and oxygen atoms in total. The molecular formula is C18H19ClN2O3. The van der Waals surface area contributed by atoms with E-state index < -0.39 is 12.0 Å². The van der Waals surface area contributed by atoms with Gasteiger partial charge in [0.2, 0.25) is 5.91 Å². The number of halogens is 1. The highest BCUT2D eigenvalue weighted by molar-refractivity contribution is 6.31. The lowest BCUT2D eigenvalue weighted by Crippen LogP contribution is -2.23. The molecule has 2 aromatic carbocycles. The van der Waals surface area contributed by atoms with E-state index in [0.717, 1.165) is 5.69 Å². The summed E-state index contributed by atoms with van der Waals surface area (Å²) < 4.78 is 4.87. The summed E-state index contributed by atoms with van der Waals surface area (Å²) in [4.78, 5) is 25.1. The maximum atomic E-state index is 12.1. The second-order valence-electron chi connectivity index (χ2n) is 5.25. The van der Waals surface area contributed by atoms with Crippen molar-refractivity contribution < 1.29 is 14.3 Å². The molecule has 1 N–H and O–H groups in total. The van der Waals surface area contributed by atoms with E-state index in [4.69, 9.17) is 16.3 Å². The van der Waals surface area contributed by atoms with Crippen LogP contribution in [-0.2, 0) is 14.3 Å². The average Bonchev–Trinajstić information content (AvgIpc) is 2.59. The maximum Gasteiger partial charge on any atom is 0.333 e. The van der Waals surface area contributed by atoms with Crippen LogP contribution in [0, 0.1) is 0 Å². The highest BCUT2D eigenvalue weighted by Gasteiger charge is 2.23. The molecule has 0 aromatic heterocycles. The van der Waals surface area contributed by atoms with Crippen LogP contribution in [0.5, 0.6) is 0 Å². The number of hydrogen-bond acceptors (Lipinski definition) is 4. The van der Waals surface area contributed by atoms with Crippen LogP contribution in [0.1, 0.15) is 18.5 Å². The van der Waals surface area contributed by atoms with E-state index in [-0.39, 0.29) is 5.91 Å². The second-order valence-corrected chi connectivity index (χ2v) is 5.65. The Balaban J connectivity index is 2.26. The summed E-state index contributed by atoms with van der Waals surface area (Å²) in [5.74, 6) is -0.493. The summed E-state index contributed by atoms with van der Waals surface area (Å²) in [6, 6.07) is 13.6. The van der Waals surface area contributed by atoms with E-state index in [2.05, 4.69) is 5.32 Å². The summed E-state index contributed by atoms with van der Waals surface area (Å²) in [6.07, 6.45) is 0. The molecule has 0 saturated heterocycles. The molecule has 0 saturated carbocycles. The van der Waals surface area contributed by atoms with Crippen LogP contribution in [0.2, 0.25) is 5.02 Å². The zero-order valence-corrected chi connectivity index (χ0v) is 14.5. The maximum absolute atomic E-state index is 12.1. The molecule has 6 heteroatoms. The van der Waals surface area contributed by atoms with Gasteiger partial charge in [-0.3, -0.25) is 4.79 Å². The Hall–Kier alpha value is -2.53. The zero-order chi connectivity index (χ0) is 17.7. The van der Waals surface area contributed by atoms with Crippen LogP contribution in [-0.4, -0.2) is 26.0 Å². The molecule has 0 spiro atoms. The van der Waals surface area contributed by atoms with Crippen LogP contribution in [0.15, 0.2) is 48.5 Å². The Morgan fingerprint density at radius 2 is 1.75 bits per heavy atom. The lowest BCUT2D eigenvalue weighted by molar-refractivity contribution is -0.141. The molecule has 1 unspecified atom stereocenters. The van der Waals surface area contributed by atoms with E-state index in [9.17, 15) is 9.59 Å². The molecule has 126 valence electrons. The van der Waals surface area contributed by atoms with E-state index in [1.165, 1.54) is 18.9 Å². The van der Waals surface area contributed by atoms with Crippen molar-refractivity contribution in [3.8, 4) is 0 Å². The molecule has 0 heterocycles. The topological polar surface area (TPSA) is 58.6 Å². The minimum absolute atomic E-state index is 0.0563. The van der Waals surface area contributed by atoms with Gasteiger partial charge in [0.1, 0.15) is 0 Å². The van der Waals surface area contributed by atoms with E-state index in [0.29, 0.717) is 16.3 Å². The fraction of sp³-hybridized carbons (Fsp3) is 0.222. The van der Waals surface area contributed by atoms with Gasteiger partial charge < -0.3 is 15.0 Å². The first-order chi connectivity index (χ1) is 11.4. The molecule has 0 aliphatic rings. The number of rotatable bonds is 5. The van der Waals surface area contributed by atoms with Crippen molar-refractivity contribution in [2.75, 3.05) is 24.4 Å². The van der Waals surface area contributed by atoms with Gasteiger partial charge >= 0.3 is 5.97 Å². The third kappa shape index (κ3) is 4.06. The molecule has 0 radical (unpaired) electrons. The van der Waals surface area contributed by atoms with Crippen LogP contribution >= 0.6 is 11.6 Å². The number of esters is 1. The number of hydrogen-bond donors (Lipinski definition) is 1. The first kappa shape index (κ1) is 17.8. The highest BCUT2D eigenvalue weighted by Crippen LogP contribution is 2.28. The Bertz CT molecular complexity index is 731. The van der Waals surface area contributed by atoms with Gasteiger partial charge in [0, 0.05) is 35.9 Å². The van der Waals surface area contributed by atoms with E-state index >= 15 is 0 Å². The third-order valence-corrected chi connectivity index (χ3v) is 4.04. The van der Waals surface area contributed by atoms with Crippen molar-refractivity contribution in [2.45, 2.75) is 13.0 Å². The highest BCUT2D eigenvalue weighted by atomic mass is 35.5. The third-order valence-electron chi connectivity index (χ3n) is 3.69. The number of nitrogens with one attached hydrogen (secondary N) is 1. The lowest BCUT2D eigenvalue weighted by atomic mass is 10.1. The Labute approximate surface area is 146 Å². The largest absolute Gasteiger partial charge is 0.467 e. The Kier molecular flexibility index (Phi) is 5.82. The molecule has 0 aliphatic carbocycles. The van der Waals surface area contributed by atoms with Crippen LogP contribution in [0.25, 0.3) is 0 Å². The standard InChI is InChI=1S/C18H19ClN2O3/c1-12(22)21(2)14-10-8-13(9-11-14)20-17(18(23)24-3)15-6-4-5-7-16(15)19/h4-11,17,20H,1-3H3. The minimum atomic E-state index is -0.722. The summed E-state index contributed by atoms with van der Waals surface area (Å²) >= 11 is 6.20. The smallest absolute Gasteiger partial charge is 0.333 e. The molecule has 24 heavy (non-hydrogen) atoms. The van der Waals surface area contributed by atoms with Crippen molar-refractivity contribution in [3.05, 3.63) is 59.1 Å². The van der Waals surface area contributed by atoms with Gasteiger partial charge in [-0.05, 0) is 30.3 Å². The molecule has 0 fully saturated rings. The second kappa shape index (κ2) is 7.84. The fourth-order valence-corrected chi connectivity index (χ4v) is 2.47. The quantitative estimate of drug-likeness (QED) is 0.839. The first-order valence-corrected chi connectivity index (χ1v) is 7.75. The predicted octanol–water partition coefficient (Wildman–Crippen LogP) is 3.65. The molecule has 1 amide bonds. The average molecular weight is 347 g/mol. The normalized spacial score (nSPS) is 11.5. The van der Waals surface area contributed by atoms with Gasteiger partial charge in [-0.15, -0.1) is 0 Å². The van der Waals surface area contributed by atoms with Gasteiger partial charge in [0.05, 0.1) is 7.11 Å². The number of nitrogens with zero attached hydrogens (tertiary/aromatic N) is 1. The first-order valence-electron chi connectivity index (χ1n) is 7.37. The predicted molar refractivity (Wildman–Crippen MR) is 95.4 cm³/mol. The number of carbonyl (C=O) groups excluding carboxylic acids is 2. The molecule has 2 aromatic rings. The van der Waals surface area contributed by atoms with Crippen LogP contribution in [0.4, 0.5) is 11.4 Å². The molecular weight excluding hydrogens is 328 g/mol. The van der Waals surface area contributed by atoms with Crippen molar-refractivity contribution in [2.24, 2.45) is 0 Å². The number of ether oxygens (including phenoxy) is 1. The van der Waals surface area contributed by atoms with Gasteiger partial charge in [0.15, 0.2) is 6.04 Å². The summed E-state index contributed by atoms with van der Waals surface area (Å²) in [6.45, 7) is 1.50. The van der Waals surface area contributed by atoms with Gasteiger partial charge in [-0.25, -0.2) is 4.79 Å². The minimum Gasteiger partial charge on any atom is -0.467 e. The molecule has 0 aliphatic heterocycles. The SMILES string of the molecule is COC(=O)C(Nc1ccc(N(C)C(C)=O)cc1)c1ccccc1Cl. The van der Waals surface area contributed by atoms with Crippen molar-refractivity contribution in [3.63, 3.8) is 0 Å². The number of benzene rings is 2. The molecule has 2 rings (SSSR count). The number of carbonyl (C=O) groups is 2. The van der Waals surface area contributed by atoms with Crippen LogP contribution < -0.4 is 10.2 Å². The Morgan fingerprint density at radius 1 is 1.12 bits per heavy atom. The fourth-order valence-electron chi connectivity index (χ4n) is 2.22. The van der Waals surface area contributed by atoms with E-state index in [1.807, 2.05) is 6.07 Å². The van der Waals surface area contributed by atoms with Crippen LogP contribution in [0.3, 0.4) is 0 Å². The zero-order valence-electron chi connectivity index (χ0n) is 13.7. The van der Waals surface area contributed by atoms with Gasteiger partial charge in [-0.1, -0.05) is 29.8 Å². The number of amides is 1. The van der Waals surface area contributed by atoms with Crippen molar-refractivity contribution in [1.29, 1.82) is 0 Å². The van der Waals surface area contributed by atoms with E-state index in [1.54, 1.807) is 49.5 Å². The summed E-state index contributed by atoms with van der Waals surface area (Å²) in [5, 5.41) is 3.60. The number of anilines is 2. The van der Waals surface area contributed by atoms with Crippen molar-refractivity contribution in [1.82, 2.24) is 0 Å². The molecule has 0 bridgehead atoms. The van der Waals surface area contributed by atoms with Gasteiger partial charge in [0.25, 0.3) is 0 Å². The summed E-state index contributed by atoms with van der Waals surface area (Å²) in [7, 11) is 3.03. The number of methoxy groups -OCH3 is 1. The lowest BCUT2D eigenvalue weighted by Gasteiger charge is -2.20.